The predicted octanol–water partition coefficient (Wildman–Crippen LogP) is 3.91. The monoisotopic (exact) mass is 417 g/mol. The van der Waals surface area contributed by atoms with Crippen molar-refractivity contribution in [1.29, 1.82) is 5.26 Å². The highest BCUT2D eigenvalue weighted by molar-refractivity contribution is 7.89. The molecule has 6 nitrogen and oxygen atoms in total. The van der Waals surface area contributed by atoms with Crippen LogP contribution in [-0.2, 0) is 10.0 Å². The molecular formula is C20H23N3O3S2. The number of hydrogen-bond donors (Lipinski definition) is 1. The zero-order chi connectivity index (χ0) is 20.5. The first-order chi connectivity index (χ1) is 13.2. The van der Waals surface area contributed by atoms with Crippen molar-refractivity contribution in [3.8, 4) is 6.07 Å². The van der Waals surface area contributed by atoms with E-state index in [1.165, 1.54) is 39.9 Å². The van der Waals surface area contributed by atoms with Gasteiger partial charge < -0.3 is 5.32 Å². The molecule has 0 bridgehead atoms. The number of amides is 1. The van der Waals surface area contributed by atoms with Crippen molar-refractivity contribution in [3.63, 3.8) is 0 Å². The molecule has 3 rings (SSSR count). The smallest absolute Gasteiger partial charge is 0.256 e. The van der Waals surface area contributed by atoms with Gasteiger partial charge in [-0.05, 0) is 62.4 Å². The summed E-state index contributed by atoms with van der Waals surface area (Å²) < 4.78 is 27.2. The number of sulfonamides is 1. The van der Waals surface area contributed by atoms with Crippen molar-refractivity contribution in [2.45, 2.75) is 38.5 Å². The first-order valence-corrected chi connectivity index (χ1v) is 11.4. The number of carbonyl (C=O) groups is 1. The Morgan fingerprint density at radius 2 is 1.96 bits per heavy atom. The molecule has 1 aromatic heterocycles. The molecule has 2 aromatic rings. The van der Waals surface area contributed by atoms with Crippen LogP contribution >= 0.6 is 11.3 Å². The lowest BCUT2D eigenvalue weighted by Gasteiger charge is -2.30. The van der Waals surface area contributed by atoms with Gasteiger partial charge in [0.15, 0.2) is 0 Å². The van der Waals surface area contributed by atoms with E-state index in [-0.39, 0.29) is 10.8 Å². The number of piperidine rings is 1. The van der Waals surface area contributed by atoms with Gasteiger partial charge in [-0.25, -0.2) is 8.42 Å². The molecule has 1 aliphatic rings. The molecule has 0 radical (unpaired) electrons. The number of anilines is 1. The maximum atomic E-state index is 12.8. The van der Waals surface area contributed by atoms with E-state index in [1.54, 1.807) is 0 Å². The van der Waals surface area contributed by atoms with E-state index in [1.807, 2.05) is 13.8 Å². The summed E-state index contributed by atoms with van der Waals surface area (Å²) >= 11 is 1.36. The van der Waals surface area contributed by atoms with Crippen molar-refractivity contribution in [3.05, 3.63) is 45.8 Å². The number of nitrogens with one attached hydrogen (secondary N) is 1. The molecule has 1 atom stereocenters. The Bertz CT molecular complexity index is 1030. The van der Waals surface area contributed by atoms with Crippen LogP contribution in [0, 0.1) is 31.1 Å². The van der Waals surface area contributed by atoms with Crippen LogP contribution in [0.3, 0.4) is 0 Å². The Morgan fingerprint density at radius 1 is 1.29 bits per heavy atom. The van der Waals surface area contributed by atoms with Crippen LogP contribution in [0.4, 0.5) is 5.00 Å². The maximum Gasteiger partial charge on any atom is 0.256 e. The van der Waals surface area contributed by atoms with Gasteiger partial charge in [-0.2, -0.15) is 9.57 Å². The molecule has 1 aliphatic heterocycles. The number of benzene rings is 1. The predicted molar refractivity (Wildman–Crippen MR) is 110 cm³/mol. The molecule has 0 unspecified atom stereocenters. The Morgan fingerprint density at radius 3 is 2.57 bits per heavy atom. The minimum absolute atomic E-state index is 0.193. The van der Waals surface area contributed by atoms with Gasteiger partial charge in [0.2, 0.25) is 10.0 Å². The van der Waals surface area contributed by atoms with Crippen molar-refractivity contribution in [2.75, 3.05) is 18.4 Å². The molecule has 8 heteroatoms. The Hall–Kier alpha value is -2.21. The normalized spacial score (nSPS) is 17.9. The van der Waals surface area contributed by atoms with Crippen molar-refractivity contribution in [1.82, 2.24) is 4.31 Å². The summed E-state index contributed by atoms with van der Waals surface area (Å²) in [7, 11) is -3.55. The van der Waals surface area contributed by atoms with E-state index in [2.05, 4.69) is 18.3 Å². The molecule has 2 heterocycles. The molecule has 1 N–H and O–H groups in total. The summed E-state index contributed by atoms with van der Waals surface area (Å²) in [4.78, 5) is 13.7. The number of nitrogens with zero attached hydrogens (tertiary/aromatic N) is 2. The highest BCUT2D eigenvalue weighted by Gasteiger charge is 2.28. The maximum absolute atomic E-state index is 12.8. The summed E-state index contributed by atoms with van der Waals surface area (Å²) in [5, 5.41) is 12.6. The van der Waals surface area contributed by atoms with Crippen molar-refractivity contribution in [2.24, 2.45) is 5.92 Å². The molecule has 0 aliphatic carbocycles. The Labute approximate surface area is 169 Å². The van der Waals surface area contributed by atoms with Gasteiger partial charge in [0, 0.05) is 23.5 Å². The average Bonchev–Trinajstić information content (AvgIpc) is 2.94. The van der Waals surface area contributed by atoms with Crippen LogP contribution < -0.4 is 5.32 Å². The minimum atomic E-state index is -3.55. The van der Waals surface area contributed by atoms with E-state index < -0.39 is 10.0 Å². The summed E-state index contributed by atoms with van der Waals surface area (Å²) in [5.74, 6) is -0.0195. The lowest BCUT2D eigenvalue weighted by molar-refractivity contribution is 0.102. The van der Waals surface area contributed by atoms with Crippen molar-refractivity contribution >= 4 is 32.3 Å². The number of hydrogen-bond acceptors (Lipinski definition) is 5. The SMILES string of the molecule is Cc1sc(NC(=O)c2ccc(S(=O)(=O)N3CCC[C@H](C)C3)cc2)c(C#N)c1C. The average molecular weight is 418 g/mol. The molecule has 0 saturated carbocycles. The van der Waals surface area contributed by atoms with E-state index in [0.29, 0.717) is 35.1 Å². The van der Waals surface area contributed by atoms with E-state index in [0.717, 1.165) is 23.3 Å². The van der Waals surface area contributed by atoms with Crippen LogP contribution in [-0.4, -0.2) is 31.7 Å². The number of nitriles is 1. The number of thiophene rings is 1. The highest BCUT2D eigenvalue weighted by atomic mass is 32.2. The summed E-state index contributed by atoms with van der Waals surface area (Å²) in [5.41, 5.74) is 1.67. The molecule has 1 fully saturated rings. The Balaban J connectivity index is 1.78. The highest BCUT2D eigenvalue weighted by Crippen LogP contribution is 2.32. The first kappa shape index (κ1) is 20.5. The van der Waals surface area contributed by atoms with E-state index in [4.69, 9.17) is 0 Å². The number of carbonyl (C=O) groups excluding carboxylic acids is 1. The third-order valence-electron chi connectivity index (χ3n) is 5.10. The van der Waals surface area contributed by atoms with E-state index >= 15 is 0 Å². The van der Waals surface area contributed by atoms with Gasteiger partial charge in [-0.15, -0.1) is 11.3 Å². The lowest BCUT2D eigenvalue weighted by atomic mass is 10.0. The van der Waals surface area contributed by atoms with Gasteiger partial charge in [0.25, 0.3) is 5.91 Å². The molecule has 1 aromatic carbocycles. The van der Waals surface area contributed by atoms with Gasteiger partial charge >= 0.3 is 0 Å². The molecular weight excluding hydrogens is 394 g/mol. The molecule has 1 saturated heterocycles. The van der Waals surface area contributed by atoms with Crippen LogP contribution in [0.2, 0.25) is 0 Å². The fraction of sp³-hybridized carbons (Fsp3) is 0.400. The standard InChI is InChI=1S/C20H23N3O3S2/c1-13-5-4-10-23(12-13)28(25,26)17-8-6-16(7-9-17)19(24)22-20-18(11-21)14(2)15(3)27-20/h6-9,13H,4-5,10,12H2,1-3H3,(H,22,24)/t13-/m0/s1. The topological polar surface area (TPSA) is 90.3 Å². The second-order valence-electron chi connectivity index (χ2n) is 7.19. The minimum Gasteiger partial charge on any atom is -0.312 e. The number of rotatable bonds is 4. The fourth-order valence-corrected chi connectivity index (χ4v) is 5.92. The van der Waals surface area contributed by atoms with Gasteiger partial charge in [0.05, 0.1) is 10.5 Å². The summed E-state index contributed by atoms with van der Waals surface area (Å²) in [6, 6.07) is 8.08. The van der Waals surface area contributed by atoms with E-state index in [9.17, 15) is 18.5 Å². The van der Waals surface area contributed by atoms with Crippen LogP contribution in [0.25, 0.3) is 0 Å². The van der Waals surface area contributed by atoms with Crippen LogP contribution in [0.15, 0.2) is 29.2 Å². The number of aryl methyl sites for hydroxylation is 1. The Kier molecular flexibility index (Phi) is 5.89. The largest absolute Gasteiger partial charge is 0.312 e. The van der Waals surface area contributed by atoms with Gasteiger partial charge in [-0.3, -0.25) is 4.79 Å². The zero-order valence-electron chi connectivity index (χ0n) is 16.2. The zero-order valence-corrected chi connectivity index (χ0v) is 17.8. The second kappa shape index (κ2) is 8.03. The summed E-state index contributed by atoms with van der Waals surface area (Å²) in [6.07, 6.45) is 1.90. The van der Waals surface area contributed by atoms with Gasteiger partial charge in [0.1, 0.15) is 11.1 Å². The molecule has 1 amide bonds. The van der Waals surface area contributed by atoms with Crippen molar-refractivity contribution < 1.29 is 13.2 Å². The molecule has 148 valence electrons. The van der Waals surface area contributed by atoms with Gasteiger partial charge in [-0.1, -0.05) is 6.92 Å². The quantitative estimate of drug-likeness (QED) is 0.817. The second-order valence-corrected chi connectivity index (χ2v) is 10.4. The summed E-state index contributed by atoms with van der Waals surface area (Å²) in [6.45, 7) is 6.86. The third kappa shape index (κ3) is 3.97. The molecule has 28 heavy (non-hydrogen) atoms. The third-order valence-corrected chi connectivity index (χ3v) is 8.10. The molecule has 0 spiro atoms. The van der Waals surface area contributed by atoms with Crippen LogP contribution in [0.5, 0.6) is 0 Å². The first-order valence-electron chi connectivity index (χ1n) is 9.15. The fourth-order valence-electron chi connectivity index (χ4n) is 3.32. The van der Waals surface area contributed by atoms with Crippen LogP contribution in [0.1, 0.15) is 46.1 Å². The lowest BCUT2D eigenvalue weighted by Crippen LogP contribution is -2.39.